The Bertz CT molecular complexity index is 1140. The van der Waals surface area contributed by atoms with Crippen molar-refractivity contribution in [2.45, 2.75) is 0 Å². The highest BCUT2D eigenvalue weighted by molar-refractivity contribution is 7.21. The predicted molar refractivity (Wildman–Crippen MR) is 114 cm³/mol. The number of carbonyl (C=O) groups excluding carboxylic acids is 1. The van der Waals surface area contributed by atoms with Gasteiger partial charge in [0.05, 0.1) is 31.5 Å². The number of fused-ring (bicyclic) bond motifs is 1. The van der Waals surface area contributed by atoms with E-state index in [2.05, 4.69) is 10.3 Å². The molecule has 4 rings (SSSR count). The quantitative estimate of drug-likeness (QED) is 0.372. The highest BCUT2D eigenvalue weighted by atomic mass is 35.5. The van der Waals surface area contributed by atoms with Crippen LogP contribution in [0.3, 0.4) is 0 Å². The molecule has 0 atom stereocenters. The second-order valence-corrected chi connectivity index (χ2v) is 8.01. The monoisotopic (exact) mass is 432 g/mol. The third-order valence-corrected chi connectivity index (χ3v) is 5.85. The maximum absolute atomic E-state index is 12.7. The predicted octanol–water partition coefficient (Wildman–Crippen LogP) is 7.18. The average molecular weight is 434 g/mol. The van der Waals surface area contributed by atoms with Gasteiger partial charge in [0.15, 0.2) is 0 Å². The van der Waals surface area contributed by atoms with Gasteiger partial charge in [-0.15, -0.1) is 11.3 Å². The molecule has 0 radical (unpaired) electrons. The Morgan fingerprint density at radius 3 is 2.44 bits per heavy atom. The van der Waals surface area contributed by atoms with Crippen molar-refractivity contribution in [1.29, 1.82) is 0 Å². The number of benzene rings is 3. The van der Waals surface area contributed by atoms with Gasteiger partial charge in [0, 0.05) is 10.6 Å². The van der Waals surface area contributed by atoms with E-state index in [-0.39, 0.29) is 5.91 Å². The second kappa shape index (κ2) is 7.49. The van der Waals surface area contributed by atoms with Crippen LogP contribution in [0, 0.1) is 0 Å². The van der Waals surface area contributed by atoms with Crippen molar-refractivity contribution in [3.63, 3.8) is 0 Å². The van der Waals surface area contributed by atoms with Crippen molar-refractivity contribution in [1.82, 2.24) is 4.98 Å². The molecule has 7 heteroatoms. The Balaban J connectivity index is 1.81. The molecule has 3 aromatic carbocycles. The molecule has 3 nitrogen and oxygen atoms in total. The molecule has 0 unspecified atom stereocenters. The molecule has 0 spiro atoms. The summed E-state index contributed by atoms with van der Waals surface area (Å²) in [6, 6.07) is 18.0. The van der Waals surface area contributed by atoms with Gasteiger partial charge in [-0.1, -0.05) is 59.1 Å². The van der Waals surface area contributed by atoms with Gasteiger partial charge in [-0.05, 0) is 36.4 Å². The second-order valence-electron chi connectivity index (χ2n) is 5.73. The summed E-state index contributed by atoms with van der Waals surface area (Å²) in [7, 11) is 0. The smallest absolute Gasteiger partial charge is 0.257 e. The first-order valence-electron chi connectivity index (χ1n) is 7.94. The first kappa shape index (κ1) is 18.3. The third kappa shape index (κ3) is 3.66. The zero-order chi connectivity index (χ0) is 19.0. The molecule has 0 bridgehead atoms. The van der Waals surface area contributed by atoms with Crippen LogP contribution < -0.4 is 5.32 Å². The van der Waals surface area contributed by atoms with Gasteiger partial charge in [0.1, 0.15) is 5.01 Å². The number of hydrogen-bond donors (Lipinski definition) is 1. The van der Waals surface area contributed by atoms with Crippen LogP contribution in [0.1, 0.15) is 10.4 Å². The minimum atomic E-state index is -0.354. The van der Waals surface area contributed by atoms with E-state index in [9.17, 15) is 4.79 Å². The van der Waals surface area contributed by atoms with Crippen molar-refractivity contribution >= 4 is 68.0 Å². The van der Waals surface area contributed by atoms with Gasteiger partial charge in [-0.3, -0.25) is 4.79 Å². The van der Waals surface area contributed by atoms with Crippen LogP contribution in [0.25, 0.3) is 20.8 Å². The van der Waals surface area contributed by atoms with Crippen LogP contribution in [0.5, 0.6) is 0 Å². The van der Waals surface area contributed by atoms with Crippen molar-refractivity contribution in [2.75, 3.05) is 5.32 Å². The summed E-state index contributed by atoms with van der Waals surface area (Å²) in [6.07, 6.45) is 0. The molecule has 134 valence electrons. The maximum Gasteiger partial charge on any atom is 0.257 e. The molecule has 0 fully saturated rings. The van der Waals surface area contributed by atoms with Crippen LogP contribution in [-0.4, -0.2) is 10.9 Å². The highest BCUT2D eigenvalue weighted by Crippen LogP contribution is 2.40. The fourth-order valence-electron chi connectivity index (χ4n) is 2.68. The lowest BCUT2D eigenvalue weighted by Gasteiger charge is -2.13. The molecular formula is C20H11Cl3N2OS. The third-order valence-electron chi connectivity index (χ3n) is 3.94. The van der Waals surface area contributed by atoms with Crippen molar-refractivity contribution in [3.05, 3.63) is 81.3 Å². The fraction of sp³-hybridized carbons (Fsp3) is 0. The van der Waals surface area contributed by atoms with E-state index in [0.717, 1.165) is 15.2 Å². The number of hydrogen-bond acceptors (Lipinski definition) is 3. The number of carbonyl (C=O) groups is 1. The van der Waals surface area contributed by atoms with Crippen molar-refractivity contribution in [2.24, 2.45) is 0 Å². The maximum atomic E-state index is 12.7. The van der Waals surface area contributed by atoms with Crippen molar-refractivity contribution < 1.29 is 4.79 Å². The zero-order valence-corrected chi connectivity index (χ0v) is 16.8. The SMILES string of the molecule is O=C(Nc1c(Cl)cc(Cl)cc1-c1nc2ccccc2s1)c1ccccc1Cl. The number of halogens is 3. The number of nitrogens with zero attached hydrogens (tertiary/aromatic N) is 1. The first-order chi connectivity index (χ1) is 13.0. The summed E-state index contributed by atoms with van der Waals surface area (Å²) in [6.45, 7) is 0. The van der Waals surface area contributed by atoms with E-state index >= 15 is 0 Å². The van der Waals surface area contributed by atoms with Gasteiger partial charge in [-0.2, -0.15) is 0 Å². The number of amides is 1. The lowest BCUT2D eigenvalue weighted by atomic mass is 10.1. The molecule has 4 aromatic rings. The summed E-state index contributed by atoms with van der Waals surface area (Å²) in [5.41, 5.74) is 2.34. The highest BCUT2D eigenvalue weighted by Gasteiger charge is 2.18. The number of anilines is 1. The topological polar surface area (TPSA) is 42.0 Å². The van der Waals surface area contributed by atoms with Gasteiger partial charge in [-0.25, -0.2) is 4.98 Å². The molecule has 1 heterocycles. The summed E-state index contributed by atoms with van der Waals surface area (Å²) in [5, 5.41) is 4.73. The molecule has 27 heavy (non-hydrogen) atoms. The van der Waals surface area contributed by atoms with Crippen LogP contribution in [0.2, 0.25) is 15.1 Å². The van der Waals surface area contributed by atoms with Gasteiger partial charge in [0.2, 0.25) is 0 Å². The summed E-state index contributed by atoms with van der Waals surface area (Å²) >= 11 is 20.2. The standard InChI is InChI=1S/C20H11Cl3N2OS/c21-11-9-13(20-24-16-7-3-4-8-17(16)27-20)18(15(23)10-11)25-19(26)12-5-1-2-6-14(12)22/h1-10H,(H,25,26). The van der Waals surface area contributed by atoms with Crippen LogP contribution in [-0.2, 0) is 0 Å². The van der Waals surface area contributed by atoms with E-state index < -0.39 is 0 Å². The average Bonchev–Trinajstić information content (AvgIpc) is 3.08. The normalized spacial score (nSPS) is 10.9. The summed E-state index contributed by atoms with van der Waals surface area (Å²) in [4.78, 5) is 17.4. The van der Waals surface area contributed by atoms with Crippen LogP contribution in [0.15, 0.2) is 60.7 Å². The minimum Gasteiger partial charge on any atom is -0.320 e. The number of nitrogens with one attached hydrogen (secondary N) is 1. The molecular weight excluding hydrogens is 423 g/mol. The van der Waals surface area contributed by atoms with E-state index in [1.165, 1.54) is 11.3 Å². The molecule has 0 aliphatic rings. The van der Waals surface area contributed by atoms with Crippen molar-refractivity contribution in [3.8, 4) is 10.6 Å². The lowest BCUT2D eigenvalue weighted by Crippen LogP contribution is -2.13. The van der Waals surface area contributed by atoms with Gasteiger partial charge >= 0.3 is 0 Å². The van der Waals surface area contributed by atoms with E-state index in [1.54, 1.807) is 36.4 Å². The largest absolute Gasteiger partial charge is 0.320 e. The molecule has 1 N–H and O–H groups in total. The molecule has 1 amide bonds. The van der Waals surface area contributed by atoms with E-state index in [0.29, 0.717) is 31.9 Å². The Hall–Kier alpha value is -2.11. The minimum absolute atomic E-state index is 0.331. The van der Waals surface area contributed by atoms with Crippen LogP contribution >= 0.6 is 46.1 Å². The van der Waals surface area contributed by atoms with E-state index in [4.69, 9.17) is 34.8 Å². The molecule has 0 aliphatic heterocycles. The summed E-state index contributed by atoms with van der Waals surface area (Å²) < 4.78 is 1.03. The zero-order valence-electron chi connectivity index (χ0n) is 13.7. The number of para-hydroxylation sites is 1. The molecule has 0 aliphatic carbocycles. The summed E-state index contributed by atoms with van der Waals surface area (Å²) in [5.74, 6) is -0.354. The number of rotatable bonds is 3. The Morgan fingerprint density at radius 1 is 0.926 bits per heavy atom. The van der Waals surface area contributed by atoms with E-state index in [1.807, 2.05) is 24.3 Å². The number of thiazole rings is 1. The first-order valence-corrected chi connectivity index (χ1v) is 9.89. The van der Waals surface area contributed by atoms with Crippen LogP contribution in [0.4, 0.5) is 5.69 Å². The Labute approximate surface area is 174 Å². The Morgan fingerprint density at radius 2 is 1.67 bits per heavy atom. The van der Waals surface area contributed by atoms with Gasteiger partial charge < -0.3 is 5.32 Å². The fourth-order valence-corrected chi connectivity index (χ4v) is 4.43. The number of aromatic nitrogens is 1. The molecule has 1 aromatic heterocycles. The lowest BCUT2D eigenvalue weighted by molar-refractivity contribution is 0.102. The Kier molecular flexibility index (Phi) is 5.06. The van der Waals surface area contributed by atoms with Gasteiger partial charge in [0.25, 0.3) is 5.91 Å². The molecule has 0 saturated carbocycles. The molecule has 0 saturated heterocycles.